The van der Waals surface area contributed by atoms with Gasteiger partial charge in [-0.25, -0.2) is 4.79 Å². The van der Waals surface area contributed by atoms with Gasteiger partial charge in [-0.2, -0.15) is 0 Å². The van der Waals surface area contributed by atoms with Crippen molar-refractivity contribution in [2.45, 2.75) is 66.2 Å². The molecule has 36 heavy (non-hydrogen) atoms. The molecule has 0 heterocycles. The van der Waals surface area contributed by atoms with Crippen LogP contribution in [-0.4, -0.2) is 41.0 Å². The Morgan fingerprint density at radius 3 is 2.11 bits per heavy atom. The third kappa shape index (κ3) is 7.70. The summed E-state index contributed by atoms with van der Waals surface area (Å²) in [5.74, 6) is -1.01. The predicted octanol–water partition coefficient (Wildman–Crippen LogP) is 5.55. The number of para-hydroxylation sites is 1. The maximum atomic E-state index is 14.0. The highest BCUT2D eigenvalue weighted by Gasteiger charge is 2.37. The van der Waals surface area contributed by atoms with Crippen LogP contribution in [0.4, 0.5) is 10.5 Å². The molecule has 194 valence electrons. The molecule has 0 radical (unpaired) electrons. The summed E-state index contributed by atoms with van der Waals surface area (Å²) in [7, 11) is 0. The number of nitrogens with one attached hydrogen (secondary N) is 2. The van der Waals surface area contributed by atoms with Gasteiger partial charge in [-0.05, 0) is 63.3 Å². The van der Waals surface area contributed by atoms with E-state index in [0.29, 0.717) is 11.3 Å². The van der Waals surface area contributed by atoms with Crippen molar-refractivity contribution in [1.29, 1.82) is 0 Å². The average Bonchev–Trinajstić information content (AvgIpc) is 2.78. The average molecular weight is 494 g/mol. The zero-order valence-corrected chi connectivity index (χ0v) is 22.4. The van der Waals surface area contributed by atoms with E-state index in [1.54, 1.807) is 26.8 Å². The van der Waals surface area contributed by atoms with E-state index in [0.717, 1.165) is 11.1 Å². The number of hydrogen-bond donors (Lipinski definition) is 2. The van der Waals surface area contributed by atoms with Gasteiger partial charge in [-0.15, -0.1) is 6.58 Å². The second kappa shape index (κ2) is 12.4. The van der Waals surface area contributed by atoms with Gasteiger partial charge in [0.1, 0.15) is 17.7 Å². The monoisotopic (exact) mass is 493 g/mol. The first kappa shape index (κ1) is 28.6. The number of ether oxygens (including phenoxy) is 1. The summed E-state index contributed by atoms with van der Waals surface area (Å²) in [6.45, 7) is 16.7. The molecule has 2 aromatic carbocycles. The highest BCUT2D eigenvalue weighted by molar-refractivity contribution is 5.99. The second-order valence-corrected chi connectivity index (χ2v) is 10.2. The third-order valence-corrected chi connectivity index (χ3v) is 5.66. The van der Waals surface area contributed by atoms with Crippen LogP contribution in [0.3, 0.4) is 0 Å². The molecule has 0 aliphatic heterocycles. The Labute approximate surface area is 214 Å². The van der Waals surface area contributed by atoms with Crippen LogP contribution in [0.1, 0.15) is 57.4 Å². The van der Waals surface area contributed by atoms with Gasteiger partial charge >= 0.3 is 6.09 Å². The number of carbonyl (C=O) groups excluding carboxylic acids is 3. The molecule has 2 N–H and O–H groups in total. The summed E-state index contributed by atoms with van der Waals surface area (Å²) < 4.78 is 5.39. The Hall–Kier alpha value is -3.61. The van der Waals surface area contributed by atoms with Gasteiger partial charge in [0.2, 0.25) is 5.91 Å². The molecule has 2 aromatic rings. The molecule has 3 amide bonds. The number of alkyl carbamates (subject to hydrolysis) is 1. The summed E-state index contributed by atoms with van der Waals surface area (Å²) in [4.78, 5) is 41.8. The summed E-state index contributed by atoms with van der Waals surface area (Å²) in [6, 6.07) is 13.1. The molecule has 0 fully saturated rings. The van der Waals surface area contributed by atoms with Crippen molar-refractivity contribution < 1.29 is 19.1 Å². The first-order chi connectivity index (χ1) is 16.9. The molecule has 0 saturated heterocycles. The molecular weight excluding hydrogens is 454 g/mol. The topological polar surface area (TPSA) is 87.7 Å². The highest BCUT2D eigenvalue weighted by atomic mass is 16.6. The Balaban J connectivity index is 2.51. The summed E-state index contributed by atoms with van der Waals surface area (Å²) >= 11 is 0. The number of hydrogen-bond acceptors (Lipinski definition) is 4. The summed E-state index contributed by atoms with van der Waals surface area (Å²) in [5, 5.41) is 5.70. The summed E-state index contributed by atoms with van der Waals surface area (Å²) in [5.41, 5.74) is 2.41. The van der Waals surface area contributed by atoms with Crippen LogP contribution in [0.5, 0.6) is 0 Å². The van der Waals surface area contributed by atoms with Crippen LogP contribution >= 0.6 is 0 Å². The van der Waals surface area contributed by atoms with Crippen molar-refractivity contribution in [3.05, 3.63) is 77.9 Å². The lowest BCUT2D eigenvalue weighted by Crippen LogP contribution is -2.54. The standard InChI is InChI=1S/C29H39N3O4/c1-9-18-32(27(34)24(19(2)3)31-28(35)36-29(6,7)8)25(22-16-12-10-14-20(22)4)26(33)30-23-17-13-11-15-21(23)5/h9-17,19,24-25H,1,18H2,2-8H3,(H,30,33)(H,31,35). The molecule has 0 saturated carbocycles. The summed E-state index contributed by atoms with van der Waals surface area (Å²) in [6.07, 6.45) is 0.889. The van der Waals surface area contributed by atoms with E-state index in [-0.39, 0.29) is 18.4 Å². The maximum absolute atomic E-state index is 14.0. The fraction of sp³-hybridized carbons (Fsp3) is 0.414. The van der Waals surface area contributed by atoms with Crippen LogP contribution in [0.15, 0.2) is 61.2 Å². The second-order valence-electron chi connectivity index (χ2n) is 10.2. The molecule has 0 spiro atoms. The Morgan fingerprint density at radius 1 is 1.00 bits per heavy atom. The number of carbonyl (C=O) groups is 3. The van der Waals surface area contributed by atoms with Crippen molar-refractivity contribution in [2.24, 2.45) is 5.92 Å². The lowest BCUT2D eigenvalue weighted by molar-refractivity contribution is -0.141. The fourth-order valence-corrected chi connectivity index (χ4v) is 3.85. The molecule has 0 bridgehead atoms. The first-order valence-corrected chi connectivity index (χ1v) is 12.2. The van der Waals surface area contributed by atoms with Crippen molar-refractivity contribution in [3.8, 4) is 0 Å². The Morgan fingerprint density at radius 2 is 1.58 bits per heavy atom. The largest absolute Gasteiger partial charge is 0.444 e. The number of rotatable bonds is 9. The van der Waals surface area contributed by atoms with Crippen LogP contribution in [0.25, 0.3) is 0 Å². The minimum absolute atomic E-state index is 0.109. The first-order valence-electron chi connectivity index (χ1n) is 12.2. The van der Waals surface area contributed by atoms with E-state index in [4.69, 9.17) is 4.74 Å². The van der Waals surface area contributed by atoms with E-state index in [1.165, 1.54) is 4.90 Å². The van der Waals surface area contributed by atoms with Crippen LogP contribution in [-0.2, 0) is 14.3 Å². The van der Waals surface area contributed by atoms with Gasteiger partial charge in [0, 0.05) is 12.2 Å². The number of amides is 3. The van der Waals surface area contributed by atoms with Gasteiger partial charge < -0.3 is 20.3 Å². The van der Waals surface area contributed by atoms with Crippen LogP contribution in [0.2, 0.25) is 0 Å². The SMILES string of the molecule is C=CCN(C(=O)C(NC(=O)OC(C)(C)C)C(C)C)C(C(=O)Nc1ccccc1C)c1ccccc1C. The van der Waals surface area contributed by atoms with E-state index in [1.807, 2.05) is 76.2 Å². The number of benzene rings is 2. The minimum atomic E-state index is -0.946. The van der Waals surface area contributed by atoms with E-state index < -0.39 is 29.7 Å². The van der Waals surface area contributed by atoms with E-state index in [9.17, 15) is 14.4 Å². The van der Waals surface area contributed by atoms with Gasteiger partial charge in [0.25, 0.3) is 5.91 Å². The van der Waals surface area contributed by atoms with Gasteiger partial charge in [0.15, 0.2) is 0 Å². The lowest BCUT2D eigenvalue weighted by atomic mass is 9.96. The predicted molar refractivity (Wildman–Crippen MR) is 144 cm³/mol. The molecule has 2 unspecified atom stereocenters. The number of anilines is 1. The van der Waals surface area contributed by atoms with E-state index in [2.05, 4.69) is 17.2 Å². The van der Waals surface area contributed by atoms with E-state index >= 15 is 0 Å². The molecule has 7 nitrogen and oxygen atoms in total. The zero-order chi connectivity index (χ0) is 27.0. The van der Waals surface area contributed by atoms with Crippen LogP contribution in [0, 0.1) is 19.8 Å². The van der Waals surface area contributed by atoms with Gasteiger partial charge in [-0.3, -0.25) is 9.59 Å². The molecule has 7 heteroatoms. The van der Waals surface area contributed by atoms with Gasteiger partial charge in [0.05, 0.1) is 0 Å². The molecule has 2 rings (SSSR count). The Kier molecular flexibility index (Phi) is 9.84. The normalized spacial score (nSPS) is 12.9. The van der Waals surface area contributed by atoms with Crippen molar-refractivity contribution in [1.82, 2.24) is 10.2 Å². The minimum Gasteiger partial charge on any atom is -0.444 e. The fourth-order valence-electron chi connectivity index (χ4n) is 3.85. The van der Waals surface area contributed by atoms with Gasteiger partial charge in [-0.1, -0.05) is 62.4 Å². The number of aryl methyl sites for hydroxylation is 2. The Bertz CT molecular complexity index is 1090. The number of nitrogens with zero attached hydrogens (tertiary/aromatic N) is 1. The molecule has 0 aromatic heterocycles. The molecule has 2 atom stereocenters. The molecule has 0 aliphatic rings. The highest BCUT2D eigenvalue weighted by Crippen LogP contribution is 2.28. The van der Waals surface area contributed by atoms with Crippen LogP contribution < -0.4 is 10.6 Å². The molecule has 0 aliphatic carbocycles. The smallest absolute Gasteiger partial charge is 0.408 e. The lowest BCUT2D eigenvalue weighted by Gasteiger charge is -2.35. The van der Waals surface area contributed by atoms with Crippen molar-refractivity contribution in [3.63, 3.8) is 0 Å². The zero-order valence-electron chi connectivity index (χ0n) is 22.4. The van der Waals surface area contributed by atoms with Crippen molar-refractivity contribution >= 4 is 23.6 Å². The van der Waals surface area contributed by atoms with Crippen molar-refractivity contribution in [2.75, 3.05) is 11.9 Å². The molecular formula is C29H39N3O4. The maximum Gasteiger partial charge on any atom is 0.408 e. The third-order valence-electron chi connectivity index (χ3n) is 5.66. The quantitative estimate of drug-likeness (QED) is 0.449.